The minimum Gasteiger partial charge on any atom is -0.319 e. The Balaban J connectivity index is 2.22. The molecule has 1 atom stereocenters. The molecule has 1 aromatic rings. The molecule has 4 heteroatoms. The first-order chi connectivity index (χ1) is 8.13. The molecule has 3 nitrogen and oxygen atoms in total. The van der Waals surface area contributed by atoms with Gasteiger partial charge in [-0.2, -0.15) is 0 Å². The van der Waals surface area contributed by atoms with Crippen LogP contribution in [0.15, 0.2) is 41.5 Å². The van der Waals surface area contributed by atoms with Gasteiger partial charge in [-0.05, 0) is 24.8 Å². The Morgan fingerprint density at radius 2 is 2.29 bits per heavy atom. The van der Waals surface area contributed by atoms with Gasteiger partial charge in [0, 0.05) is 16.6 Å². The third kappa shape index (κ3) is 2.31. The van der Waals surface area contributed by atoms with Crippen molar-refractivity contribution in [1.29, 1.82) is 0 Å². The van der Waals surface area contributed by atoms with Gasteiger partial charge in [-0.3, -0.25) is 9.59 Å². The summed E-state index contributed by atoms with van der Waals surface area (Å²) < 4.78 is 0.842. The number of hydrogen-bond acceptors (Lipinski definition) is 2. The lowest BCUT2D eigenvalue weighted by Crippen LogP contribution is -2.26. The quantitative estimate of drug-likeness (QED) is 0.635. The van der Waals surface area contributed by atoms with Crippen LogP contribution < -0.4 is 0 Å². The Bertz CT molecular complexity index is 484. The van der Waals surface area contributed by atoms with Crippen LogP contribution in [0, 0.1) is 5.92 Å². The summed E-state index contributed by atoms with van der Waals surface area (Å²) in [5, 5.41) is 0. The van der Waals surface area contributed by atoms with Gasteiger partial charge in [-0.15, -0.1) is 0 Å². The Labute approximate surface area is 108 Å². The van der Waals surface area contributed by atoms with Crippen LogP contribution in [0.5, 0.6) is 0 Å². The zero-order chi connectivity index (χ0) is 12.4. The summed E-state index contributed by atoms with van der Waals surface area (Å²) in [6, 6.07) is 7.12. The summed E-state index contributed by atoms with van der Waals surface area (Å²) in [4.78, 5) is 25.5. The van der Waals surface area contributed by atoms with Gasteiger partial charge in [-0.1, -0.05) is 34.6 Å². The zero-order valence-corrected chi connectivity index (χ0v) is 10.8. The van der Waals surface area contributed by atoms with Crippen molar-refractivity contribution in [3.05, 3.63) is 47.1 Å². The predicted octanol–water partition coefficient (Wildman–Crippen LogP) is 2.62. The number of Topliss-reactive ketones (excluding diaryl/α,β-unsaturated/α-hetero) is 1. The molecule has 1 unspecified atom stereocenters. The van der Waals surface area contributed by atoms with E-state index in [4.69, 9.17) is 0 Å². The van der Waals surface area contributed by atoms with Crippen molar-refractivity contribution in [1.82, 2.24) is 4.90 Å². The first-order valence-electron chi connectivity index (χ1n) is 5.36. The predicted molar refractivity (Wildman–Crippen MR) is 68.5 cm³/mol. The third-order valence-corrected chi connectivity index (χ3v) is 3.38. The number of hydrogen-bond donors (Lipinski definition) is 0. The highest BCUT2D eigenvalue weighted by Gasteiger charge is 2.35. The molecule has 1 amide bonds. The molecule has 0 N–H and O–H groups in total. The van der Waals surface area contributed by atoms with Gasteiger partial charge in [-0.25, -0.2) is 0 Å². The summed E-state index contributed by atoms with van der Waals surface area (Å²) in [6.07, 6.45) is 2.05. The number of ketones is 1. The smallest absolute Gasteiger partial charge is 0.237 e. The second kappa shape index (κ2) is 4.84. The maximum atomic E-state index is 12.2. The number of benzene rings is 1. The van der Waals surface area contributed by atoms with E-state index in [1.165, 1.54) is 11.1 Å². The van der Waals surface area contributed by atoms with Gasteiger partial charge in [0.25, 0.3) is 0 Å². The monoisotopic (exact) mass is 293 g/mol. The Morgan fingerprint density at radius 3 is 2.88 bits per heavy atom. The van der Waals surface area contributed by atoms with Crippen molar-refractivity contribution >= 4 is 27.6 Å². The molecular weight excluding hydrogens is 282 g/mol. The molecule has 0 saturated carbocycles. The van der Waals surface area contributed by atoms with Crippen molar-refractivity contribution in [2.75, 3.05) is 6.54 Å². The van der Waals surface area contributed by atoms with Crippen LogP contribution in [0.25, 0.3) is 0 Å². The second-order valence-corrected chi connectivity index (χ2v) is 4.85. The molecule has 0 aromatic heterocycles. The van der Waals surface area contributed by atoms with Crippen LogP contribution in [-0.4, -0.2) is 23.1 Å². The van der Waals surface area contributed by atoms with Crippen LogP contribution in [0.2, 0.25) is 0 Å². The van der Waals surface area contributed by atoms with E-state index in [9.17, 15) is 9.59 Å². The fraction of sp³-hybridized carbons (Fsp3) is 0.231. The fourth-order valence-corrected chi connectivity index (χ4v) is 2.37. The molecule has 1 fully saturated rings. The number of nitrogens with zero attached hydrogens (tertiary/aromatic N) is 1. The SMILES string of the molecule is C=CN1CCC(C(=O)c2cccc(Br)c2)C1=O. The number of rotatable bonds is 3. The number of halogens is 1. The molecule has 1 aliphatic rings. The van der Waals surface area contributed by atoms with Crippen LogP contribution >= 0.6 is 15.9 Å². The molecule has 1 heterocycles. The van der Waals surface area contributed by atoms with E-state index < -0.39 is 5.92 Å². The van der Waals surface area contributed by atoms with E-state index in [-0.39, 0.29) is 11.7 Å². The van der Waals surface area contributed by atoms with E-state index in [1.54, 1.807) is 18.2 Å². The van der Waals surface area contributed by atoms with Crippen LogP contribution in [0.4, 0.5) is 0 Å². The number of carbonyl (C=O) groups is 2. The molecular formula is C13H12BrNO2. The molecule has 1 aliphatic heterocycles. The summed E-state index contributed by atoms with van der Waals surface area (Å²) in [7, 11) is 0. The highest BCUT2D eigenvalue weighted by atomic mass is 79.9. The minimum absolute atomic E-state index is 0.111. The average Bonchev–Trinajstić information content (AvgIpc) is 2.69. The number of carbonyl (C=O) groups excluding carboxylic acids is 2. The standard InChI is InChI=1S/C13H12BrNO2/c1-2-15-7-6-11(13(15)17)12(16)9-4-3-5-10(14)8-9/h2-5,8,11H,1,6-7H2. The Morgan fingerprint density at radius 1 is 1.53 bits per heavy atom. The van der Waals surface area contributed by atoms with Crippen LogP contribution in [-0.2, 0) is 4.79 Å². The van der Waals surface area contributed by atoms with Crippen LogP contribution in [0.3, 0.4) is 0 Å². The Kier molecular flexibility index (Phi) is 3.43. The van der Waals surface area contributed by atoms with Crippen molar-refractivity contribution in [3.63, 3.8) is 0 Å². The van der Waals surface area contributed by atoms with E-state index >= 15 is 0 Å². The summed E-state index contributed by atoms with van der Waals surface area (Å²) in [5.41, 5.74) is 0.573. The molecule has 88 valence electrons. The molecule has 17 heavy (non-hydrogen) atoms. The largest absolute Gasteiger partial charge is 0.319 e. The zero-order valence-electron chi connectivity index (χ0n) is 9.23. The summed E-state index contributed by atoms with van der Waals surface area (Å²) >= 11 is 3.32. The van der Waals surface area contributed by atoms with Crippen molar-refractivity contribution in [2.45, 2.75) is 6.42 Å². The van der Waals surface area contributed by atoms with Crippen molar-refractivity contribution < 1.29 is 9.59 Å². The van der Waals surface area contributed by atoms with Gasteiger partial charge in [0.15, 0.2) is 5.78 Å². The van der Waals surface area contributed by atoms with Gasteiger partial charge in [0.1, 0.15) is 5.92 Å². The Hall–Kier alpha value is -1.42. The van der Waals surface area contributed by atoms with E-state index in [0.717, 1.165) is 4.47 Å². The highest BCUT2D eigenvalue weighted by molar-refractivity contribution is 9.10. The van der Waals surface area contributed by atoms with E-state index in [0.29, 0.717) is 18.5 Å². The third-order valence-electron chi connectivity index (χ3n) is 2.89. The lowest BCUT2D eigenvalue weighted by Gasteiger charge is -2.10. The summed E-state index contributed by atoms with van der Waals surface area (Å²) in [5.74, 6) is -0.812. The average molecular weight is 294 g/mol. The first-order valence-corrected chi connectivity index (χ1v) is 6.15. The summed E-state index contributed by atoms with van der Waals surface area (Å²) in [6.45, 7) is 4.14. The van der Waals surface area contributed by atoms with Crippen molar-refractivity contribution in [2.24, 2.45) is 5.92 Å². The molecule has 0 radical (unpaired) electrons. The normalized spacial score (nSPS) is 19.5. The minimum atomic E-state index is -0.553. The molecule has 0 spiro atoms. The highest BCUT2D eigenvalue weighted by Crippen LogP contribution is 2.23. The van der Waals surface area contributed by atoms with Gasteiger partial charge in [0.05, 0.1) is 0 Å². The number of likely N-dealkylation sites (tertiary alicyclic amines) is 1. The molecule has 2 rings (SSSR count). The first kappa shape index (κ1) is 12.0. The maximum absolute atomic E-state index is 12.2. The molecule has 1 saturated heterocycles. The second-order valence-electron chi connectivity index (χ2n) is 3.93. The molecule has 1 aromatic carbocycles. The lowest BCUT2D eigenvalue weighted by atomic mass is 9.96. The molecule has 0 bridgehead atoms. The van der Waals surface area contributed by atoms with Crippen LogP contribution in [0.1, 0.15) is 16.8 Å². The van der Waals surface area contributed by atoms with Crippen molar-refractivity contribution in [3.8, 4) is 0 Å². The van der Waals surface area contributed by atoms with Gasteiger partial charge in [0.2, 0.25) is 5.91 Å². The maximum Gasteiger partial charge on any atom is 0.237 e. The lowest BCUT2D eigenvalue weighted by molar-refractivity contribution is -0.127. The topological polar surface area (TPSA) is 37.4 Å². The van der Waals surface area contributed by atoms with Gasteiger partial charge < -0.3 is 4.90 Å². The van der Waals surface area contributed by atoms with Gasteiger partial charge >= 0.3 is 0 Å². The molecule has 0 aliphatic carbocycles. The number of amides is 1. The van der Waals surface area contributed by atoms with E-state index in [1.807, 2.05) is 6.07 Å². The van der Waals surface area contributed by atoms with E-state index in [2.05, 4.69) is 22.5 Å². The fourth-order valence-electron chi connectivity index (χ4n) is 1.97.